The van der Waals surface area contributed by atoms with E-state index in [0.29, 0.717) is 0 Å². The number of aliphatic hydroxyl groups excluding tert-OH is 1. The highest BCUT2D eigenvalue weighted by atomic mass is 32.2. The Kier molecular flexibility index (Phi) is 4.82. The van der Waals surface area contributed by atoms with E-state index >= 15 is 0 Å². The number of sulfonamides is 1. The maximum Gasteiger partial charge on any atom is 0.212 e. The molecule has 0 heterocycles. The van der Waals surface area contributed by atoms with Gasteiger partial charge in [-0.15, -0.1) is 0 Å². The zero-order chi connectivity index (χ0) is 10.5. The number of aliphatic hydroxyl groups is 1. The van der Waals surface area contributed by atoms with E-state index in [-0.39, 0.29) is 13.2 Å². The summed E-state index contributed by atoms with van der Waals surface area (Å²) < 4.78 is 45.2. The van der Waals surface area contributed by atoms with Crippen molar-refractivity contribution in [3.8, 4) is 0 Å². The lowest BCUT2D eigenvalue weighted by molar-refractivity contribution is 0.301. The Balaban J connectivity index is 4.05. The second kappa shape index (κ2) is 4.89. The number of rotatable bonds is 6. The van der Waals surface area contributed by atoms with E-state index in [0.717, 1.165) is 6.26 Å². The van der Waals surface area contributed by atoms with E-state index in [1.807, 2.05) is 4.72 Å². The average Bonchev–Trinajstić information content (AvgIpc) is 1.97. The SMILES string of the molecule is CS(=O)(=O)CCS(=O)(=O)NCCO. The van der Waals surface area contributed by atoms with Crippen molar-refractivity contribution in [2.45, 2.75) is 0 Å². The molecule has 0 saturated heterocycles. The number of sulfone groups is 1. The van der Waals surface area contributed by atoms with Crippen molar-refractivity contribution in [3.05, 3.63) is 0 Å². The van der Waals surface area contributed by atoms with Crippen LogP contribution in [0.5, 0.6) is 0 Å². The molecule has 0 aromatic carbocycles. The van der Waals surface area contributed by atoms with E-state index in [2.05, 4.69) is 0 Å². The first-order valence-electron chi connectivity index (χ1n) is 3.53. The van der Waals surface area contributed by atoms with Crippen LogP contribution in [0.25, 0.3) is 0 Å². The topological polar surface area (TPSA) is 101 Å². The lowest BCUT2D eigenvalue weighted by Gasteiger charge is -2.03. The van der Waals surface area contributed by atoms with Gasteiger partial charge in [0.05, 0.1) is 18.1 Å². The summed E-state index contributed by atoms with van der Waals surface area (Å²) in [5, 5.41) is 8.31. The first kappa shape index (κ1) is 12.8. The van der Waals surface area contributed by atoms with Gasteiger partial charge in [-0.2, -0.15) is 0 Å². The number of nitrogens with one attached hydrogen (secondary N) is 1. The predicted octanol–water partition coefficient (Wildman–Crippen LogP) is -2.06. The van der Waals surface area contributed by atoms with Crippen LogP contribution >= 0.6 is 0 Å². The van der Waals surface area contributed by atoms with Crippen molar-refractivity contribution < 1.29 is 21.9 Å². The van der Waals surface area contributed by atoms with Crippen LogP contribution in [0.2, 0.25) is 0 Å². The maximum absolute atomic E-state index is 10.9. The highest BCUT2D eigenvalue weighted by Gasteiger charge is 2.13. The van der Waals surface area contributed by atoms with Crippen LogP contribution in [-0.2, 0) is 19.9 Å². The third-order valence-corrected chi connectivity index (χ3v) is 3.75. The minimum absolute atomic E-state index is 0.0912. The molecule has 6 nitrogen and oxygen atoms in total. The quantitative estimate of drug-likeness (QED) is 0.547. The van der Waals surface area contributed by atoms with Gasteiger partial charge < -0.3 is 5.11 Å². The molecule has 0 aromatic rings. The van der Waals surface area contributed by atoms with Crippen molar-refractivity contribution in [3.63, 3.8) is 0 Å². The summed E-state index contributed by atoms with van der Waals surface area (Å²) in [6.07, 6.45) is 0.967. The highest BCUT2D eigenvalue weighted by Crippen LogP contribution is 1.88. The summed E-state index contributed by atoms with van der Waals surface area (Å²) in [4.78, 5) is 0. The van der Waals surface area contributed by atoms with Gasteiger partial charge in [-0.25, -0.2) is 21.6 Å². The zero-order valence-electron chi connectivity index (χ0n) is 7.23. The Labute approximate surface area is 77.9 Å². The number of hydrogen-bond donors (Lipinski definition) is 2. The third-order valence-electron chi connectivity index (χ3n) is 1.16. The minimum atomic E-state index is -3.57. The summed E-state index contributed by atoms with van der Waals surface area (Å²) >= 11 is 0. The first-order chi connectivity index (χ1) is 5.77. The molecule has 0 aromatic heterocycles. The van der Waals surface area contributed by atoms with Gasteiger partial charge in [0.25, 0.3) is 0 Å². The standard InChI is InChI=1S/C5H13NO5S2/c1-12(8,9)4-5-13(10,11)6-2-3-7/h6-7H,2-5H2,1H3. The molecule has 0 spiro atoms. The Bertz CT molecular complexity index is 330. The van der Waals surface area contributed by atoms with E-state index in [1.165, 1.54) is 0 Å². The van der Waals surface area contributed by atoms with Gasteiger partial charge in [-0.3, -0.25) is 0 Å². The van der Waals surface area contributed by atoms with E-state index in [1.54, 1.807) is 0 Å². The minimum Gasteiger partial charge on any atom is -0.395 e. The fourth-order valence-electron chi connectivity index (χ4n) is 0.534. The molecule has 0 amide bonds. The van der Waals surface area contributed by atoms with Crippen molar-refractivity contribution in [1.82, 2.24) is 4.72 Å². The average molecular weight is 231 g/mol. The van der Waals surface area contributed by atoms with Crippen LogP contribution in [0.1, 0.15) is 0 Å². The Morgan fingerprint density at radius 2 is 1.69 bits per heavy atom. The molecule has 0 aliphatic heterocycles. The van der Waals surface area contributed by atoms with E-state index < -0.39 is 31.4 Å². The molecule has 0 bridgehead atoms. The van der Waals surface area contributed by atoms with Crippen LogP contribution in [0, 0.1) is 0 Å². The van der Waals surface area contributed by atoms with Crippen molar-refractivity contribution in [2.75, 3.05) is 30.9 Å². The molecule has 0 aliphatic carbocycles. The van der Waals surface area contributed by atoms with E-state index in [9.17, 15) is 16.8 Å². The third kappa shape index (κ3) is 8.16. The maximum atomic E-state index is 10.9. The summed E-state index contributed by atoms with van der Waals surface area (Å²) in [5.41, 5.74) is 0. The molecule has 0 rings (SSSR count). The summed E-state index contributed by atoms with van der Waals surface area (Å²) in [6.45, 7) is -0.399. The van der Waals surface area contributed by atoms with Crippen LogP contribution in [0.3, 0.4) is 0 Å². The van der Waals surface area contributed by atoms with Gasteiger partial charge in [-0.1, -0.05) is 0 Å². The Morgan fingerprint density at radius 3 is 2.08 bits per heavy atom. The summed E-state index contributed by atoms with van der Waals surface area (Å²) in [7, 11) is -6.83. The van der Waals surface area contributed by atoms with Gasteiger partial charge in [0, 0.05) is 12.8 Å². The molecule has 8 heteroatoms. The Hall–Kier alpha value is -0.180. The van der Waals surface area contributed by atoms with Gasteiger partial charge in [0.15, 0.2) is 0 Å². The normalized spacial score (nSPS) is 13.1. The van der Waals surface area contributed by atoms with Crippen LogP contribution in [-0.4, -0.2) is 52.9 Å². The van der Waals surface area contributed by atoms with Crippen molar-refractivity contribution in [2.24, 2.45) is 0 Å². The lowest BCUT2D eigenvalue weighted by atomic mass is 10.8. The molecular formula is C5H13NO5S2. The van der Waals surface area contributed by atoms with Gasteiger partial charge in [0.1, 0.15) is 9.84 Å². The second-order valence-corrected chi connectivity index (χ2v) is 6.75. The zero-order valence-corrected chi connectivity index (χ0v) is 8.86. The molecular weight excluding hydrogens is 218 g/mol. The van der Waals surface area contributed by atoms with E-state index in [4.69, 9.17) is 5.11 Å². The fraction of sp³-hybridized carbons (Fsp3) is 1.00. The fourth-order valence-corrected chi connectivity index (χ4v) is 3.17. The van der Waals surface area contributed by atoms with Crippen LogP contribution in [0.15, 0.2) is 0 Å². The molecule has 0 radical (unpaired) electrons. The van der Waals surface area contributed by atoms with Crippen molar-refractivity contribution in [1.29, 1.82) is 0 Å². The number of hydrogen-bond acceptors (Lipinski definition) is 5. The largest absolute Gasteiger partial charge is 0.395 e. The van der Waals surface area contributed by atoms with Gasteiger partial charge >= 0.3 is 0 Å². The molecule has 0 atom stereocenters. The molecule has 80 valence electrons. The predicted molar refractivity (Wildman–Crippen MR) is 48.6 cm³/mol. The Morgan fingerprint density at radius 1 is 1.15 bits per heavy atom. The molecule has 2 N–H and O–H groups in total. The molecule has 13 heavy (non-hydrogen) atoms. The molecule has 0 fully saturated rings. The molecule has 0 saturated carbocycles. The lowest BCUT2D eigenvalue weighted by Crippen LogP contribution is -2.31. The smallest absolute Gasteiger partial charge is 0.212 e. The highest BCUT2D eigenvalue weighted by molar-refractivity contribution is 7.93. The monoisotopic (exact) mass is 231 g/mol. The summed E-state index contributed by atoms with van der Waals surface area (Å²) in [5.74, 6) is -0.875. The molecule has 0 unspecified atom stereocenters. The van der Waals surface area contributed by atoms with Gasteiger partial charge in [-0.05, 0) is 0 Å². The first-order valence-corrected chi connectivity index (χ1v) is 7.24. The second-order valence-electron chi connectivity index (χ2n) is 2.57. The van der Waals surface area contributed by atoms with Crippen LogP contribution in [0.4, 0.5) is 0 Å². The van der Waals surface area contributed by atoms with Crippen molar-refractivity contribution >= 4 is 19.9 Å². The van der Waals surface area contributed by atoms with Gasteiger partial charge in [0.2, 0.25) is 10.0 Å². The summed E-state index contributed by atoms with van der Waals surface area (Å²) in [6, 6.07) is 0. The van der Waals surface area contributed by atoms with Crippen LogP contribution < -0.4 is 4.72 Å². The molecule has 0 aliphatic rings.